The van der Waals surface area contributed by atoms with Gasteiger partial charge in [0.15, 0.2) is 0 Å². The van der Waals surface area contributed by atoms with Gasteiger partial charge in [0.25, 0.3) is 5.91 Å². The van der Waals surface area contributed by atoms with Crippen LogP contribution in [-0.2, 0) is 0 Å². The number of piperazine rings is 1. The Hall–Kier alpha value is -1.71. The third-order valence-electron chi connectivity index (χ3n) is 4.16. The molecule has 3 nitrogen and oxygen atoms in total. The van der Waals surface area contributed by atoms with Crippen LogP contribution < -0.4 is 4.90 Å². The van der Waals surface area contributed by atoms with Gasteiger partial charge in [-0.25, -0.2) is 0 Å². The lowest BCUT2D eigenvalue weighted by molar-refractivity contribution is 0.0726. The monoisotopic (exact) mass is 348 g/mol. The van der Waals surface area contributed by atoms with Crippen molar-refractivity contribution in [1.82, 2.24) is 4.90 Å². The first kappa shape index (κ1) is 16.2. The largest absolute Gasteiger partial charge is 0.365 e. The number of carbonyl (C=O) groups is 1. The molecule has 0 aromatic heterocycles. The molecule has 5 heteroatoms. The summed E-state index contributed by atoms with van der Waals surface area (Å²) in [7, 11) is 0. The van der Waals surface area contributed by atoms with Gasteiger partial charge in [-0.15, -0.1) is 0 Å². The number of carbonyl (C=O) groups excluding carboxylic acids is 1. The molecule has 1 aliphatic heterocycles. The standard InChI is InChI=1S/C18H18Cl2N2O/c1-13-12-21(9-10-22(13)15-5-3-2-4-6-15)18(23)16-8-7-14(19)11-17(16)20/h2-8,11,13H,9-10,12H2,1H3. The fourth-order valence-corrected chi connectivity index (χ4v) is 3.47. The van der Waals surface area contributed by atoms with E-state index in [2.05, 4.69) is 24.0 Å². The summed E-state index contributed by atoms with van der Waals surface area (Å²) in [5, 5.41) is 0.939. The Bertz CT molecular complexity index is 705. The van der Waals surface area contributed by atoms with Gasteiger partial charge in [-0.2, -0.15) is 0 Å². The van der Waals surface area contributed by atoms with Crippen LogP contribution in [0.3, 0.4) is 0 Å². The van der Waals surface area contributed by atoms with E-state index in [1.165, 1.54) is 5.69 Å². The van der Waals surface area contributed by atoms with Crippen molar-refractivity contribution in [2.75, 3.05) is 24.5 Å². The van der Waals surface area contributed by atoms with Crippen LogP contribution in [0.1, 0.15) is 17.3 Å². The van der Waals surface area contributed by atoms with Gasteiger partial charge in [0.1, 0.15) is 0 Å². The van der Waals surface area contributed by atoms with E-state index in [0.717, 1.165) is 6.54 Å². The van der Waals surface area contributed by atoms with Crippen LogP contribution in [0, 0.1) is 0 Å². The van der Waals surface area contributed by atoms with Crippen LogP contribution in [0.5, 0.6) is 0 Å². The van der Waals surface area contributed by atoms with Crippen molar-refractivity contribution in [3.63, 3.8) is 0 Å². The van der Waals surface area contributed by atoms with Crippen LogP contribution in [0.2, 0.25) is 10.0 Å². The summed E-state index contributed by atoms with van der Waals surface area (Å²) < 4.78 is 0. The molecule has 1 atom stereocenters. The average molecular weight is 349 g/mol. The number of rotatable bonds is 2. The van der Waals surface area contributed by atoms with Crippen molar-refractivity contribution in [2.24, 2.45) is 0 Å². The topological polar surface area (TPSA) is 23.6 Å². The zero-order chi connectivity index (χ0) is 16.4. The summed E-state index contributed by atoms with van der Waals surface area (Å²) in [6, 6.07) is 15.5. The van der Waals surface area contributed by atoms with Crippen LogP contribution in [0.25, 0.3) is 0 Å². The Kier molecular flexibility index (Phi) is 4.79. The minimum atomic E-state index is -0.0359. The Morgan fingerprint density at radius 2 is 1.83 bits per heavy atom. The Morgan fingerprint density at radius 3 is 2.48 bits per heavy atom. The molecule has 1 fully saturated rings. The summed E-state index contributed by atoms with van der Waals surface area (Å²) in [4.78, 5) is 16.9. The predicted octanol–water partition coefficient (Wildman–Crippen LogP) is 4.34. The third-order valence-corrected chi connectivity index (χ3v) is 4.71. The highest BCUT2D eigenvalue weighted by Gasteiger charge is 2.28. The van der Waals surface area contributed by atoms with Gasteiger partial charge in [-0.3, -0.25) is 4.79 Å². The van der Waals surface area contributed by atoms with E-state index < -0.39 is 0 Å². The molecular weight excluding hydrogens is 331 g/mol. The summed E-state index contributed by atoms with van der Waals surface area (Å²) in [5.74, 6) is -0.0359. The lowest BCUT2D eigenvalue weighted by Crippen LogP contribution is -2.53. The minimum Gasteiger partial charge on any atom is -0.365 e. The fraction of sp³-hybridized carbons (Fsp3) is 0.278. The fourth-order valence-electron chi connectivity index (χ4n) is 2.98. The van der Waals surface area contributed by atoms with Gasteiger partial charge in [0.05, 0.1) is 10.6 Å². The average Bonchev–Trinajstić information content (AvgIpc) is 2.55. The molecule has 1 saturated heterocycles. The van der Waals surface area contributed by atoms with E-state index in [9.17, 15) is 4.79 Å². The zero-order valence-electron chi connectivity index (χ0n) is 12.9. The Labute approximate surface area is 146 Å². The highest BCUT2D eigenvalue weighted by Crippen LogP contribution is 2.25. The van der Waals surface area contributed by atoms with Gasteiger partial charge in [0, 0.05) is 36.4 Å². The Balaban J connectivity index is 1.73. The number of nitrogens with zero attached hydrogens (tertiary/aromatic N) is 2. The minimum absolute atomic E-state index is 0.0359. The van der Waals surface area contributed by atoms with Crippen molar-refractivity contribution in [1.29, 1.82) is 0 Å². The maximum Gasteiger partial charge on any atom is 0.255 e. The van der Waals surface area contributed by atoms with Crippen LogP contribution in [-0.4, -0.2) is 36.5 Å². The highest BCUT2D eigenvalue weighted by molar-refractivity contribution is 6.36. The van der Waals surface area contributed by atoms with Gasteiger partial charge in [0.2, 0.25) is 0 Å². The molecule has 1 heterocycles. The van der Waals surface area contributed by atoms with Crippen molar-refractivity contribution in [3.05, 3.63) is 64.1 Å². The molecule has 23 heavy (non-hydrogen) atoms. The molecule has 0 spiro atoms. The second kappa shape index (κ2) is 6.81. The van der Waals surface area contributed by atoms with Gasteiger partial charge in [-0.1, -0.05) is 41.4 Å². The maximum absolute atomic E-state index is 12.7. The number of hydrogen-bond acceptors (Lipinski definition) is 2. The van der Waals surface area contributed by atoms with Crippen molar-refractivity contribution in [2.45, 2.75) is 13.0 Å². The normalized spacial score (nSPS) is 18.1. The summed E-state index contributed by atoms with van der Waals surface area (Å²) in [5.41, 5.74) is 1.70. The van der Waals surface area contributed by atoms with Crippen LogP contribution >= 0.6 is 23.2 Å². The van der Waals surface area contributed by atoms with Gasteiger partial charge in [-0.05, 0) is 37.3 Å². The zero-order valence-corrected chi connectivity index (χ0v) is 14.4. The molecule has 0 saturated carbocycles. The number of hydrogen-bond donors (Lipinski definition) is 0. The molecule has 0 aliphatic carbocycles. The second-order valence-corrected chi connectivity index (χ2v) is 6.60. The first-order valence-electron chi connectivity index (χ1n) is 7.62. The number of amides is 1. The summed E-state index contributed by atoms with van der Waals surface area (Å²) in [6.45, 7) is 4.29. The van der Waals surface area contributed by atoms with E-state index in [1.807, 2.05) is 23.1 Å². The lowest BCUT2D eigenvalue weighted by Gasteiger charge is -2.41. The quantitative estimate of drug-likeness (QED) is 0.805. The molecule has 1 amide bonds. The molecule has 1 aliphatic rings. The maximum atomic E-state index is 12.7. The van der Waals surface area contributed by atoms with E-state index >= 15 is 0 Å². The highest BCUT2D eigenvalue weighted by atomic mass is 35.5. The SMILES string of the molecule is CC1CN(C(=O)c2ccc(Cl)cc2Cl)CCN1c1ccccc1. The molecule has 3 rings (SSSR count). The second-order valence-electron chi connectivity index (χ2n) is 5.75. The molecule has 0 N–H and O–H groups in total. The van der Waals surface area contributed by atoms with Gasteiger partial charge < -0.3 is 9.80 Å². The third kappa shape index (κ3) is 3.46. The number of para-hydroxylation sites is 1. The number of benzene rings is 2. The van der Waals surface area contributed by atoms with Crippen molar-refractivity contribution >= 4 is 34.8 Å². The molecule has 2 aromatic carbocycles. The van der Waals surface area contributed by atoms with Crippen LogP contribution in [0.15, 0.2) is 48.5 Å². The molecule has 0 bridgehead atoms. The van der Waals surface area contributed by atoms with E-state index in [-0.39, 0.29) is 11.9 Å². The molecule has 0 radical (unpaired) electrons. The molecule has 120 valence electrons. The van der Waals surface area contributed by atoms with Crippen molar-refractivity contribution in [3.8, 4) is 0 Å². The molecule has 1 unspecified atom stereocenters. The summed E-state index contributed by atoms with van der Waals surface area (Å²) in [6.07, 6.45) is 0. The van der Waals surface area contributed by atoms with E-state index in [1.54, 1.807) is 18.2 Å². The molecular formula is C18H18Cl2N2O. The smallest absolute Gasteiger partial charge is 0.255 e. The van der Waals surface area contributed by atoms with Crippen molar-refractivity contribution < 1.29 is 4.79 Å². The number of anilines is 1. The number of halogens is 2. The van der Waals surface area contributed by atoms with E-state index in [0.29, 0.717) is 28.7 Å². The van der Waals surface area contributed by atoms with Gasteiger partial charge >= 0.3 is 0 Å². The lowest BCUT2D eigenvalue weighted by atomic mass is 10.1. The van der Waals surface area contributed by atoms with Crippen LogP contribution in [0.4, 0.5) is 5.69 Å². The Morgan fingerprint density at radius 1 is 1.09 bits per heavy atom. The first-order valence-corrected chi connectivity index (χ1v) is 8.38. The molecule has 2 aromatic rings. The summed E-state index contributed by atoms with van der Waals surface area (Å²) >= 11 is 12.1. The predicted molar refractivity (Wildman–Crippen MR) is 95.6 cm³/mol. The van der Waals surface area contributed by atoms with E-state index in [4.69, 9.17) is 23.2 Å². The first-order chi connectivity index (χ1) is 11.1.